The van der Waals surface area contributed by atoms with E-state index in [4.69, 9.17) is 0 Å². The fourth-order valence-corrected chi connectivity index (χ4v) is 8.66. The third kappa shape index (κ3) is 8.05. The molecule has 0 spiro atoms. The SMILES string of the molecule is C=c1\c(=C/C=C/C=C/C=C/C2=[N+](CCCCS(=O)(=O)O)c3ccc4ccccc4c3C2(C)C)n(CCCCS(=O)(=O)O)c2ccc3ccccc3c12. The number of fused-ring (bicyclic) bond motifs is 6. The van der Waals surface area contributed by atoms with Crippen molar-refractivity contribution >= 4 is 76.7 Å². The molecule has 2 N–H and O–H groups in total. The Hall–Kier alpha value is -4.61. The van der Waals surface area contributed by atoms with Gasteiger partial charge in [0.05, 0.1) is 16.9 Å². The summed E-state index contributed by atoms with van der Waals surface area (Å²) in [4.78, 5) is 0. The molecule has 52 heavy (non-hydrogen) atoms. The van der Waals surface area contributed by atoms with E-state index in [-0.39, 0.29) is 16.9 Å². The molecule has 10 heteroatoms. The van der Waals surface area contributed by atoms with E-state index in [0.29, 0.717) is 38.8 Å². The number of hydrogen-bond donors (Lipinski definition) is 2. The summed E-state index contributed by atoms with van der Waals surface area (Å²) in [5.41, 5.74) is 4.18. The monoisotopic (exact) mass is 737 g/mol. The van der Waals surface area contributed by atoms with E-state index in [9.17, 15) is 25.9 Å². The van der Waals surface area contributed by atoms with Gasteiger partial charge in [-0.15, -0.1) is 0 Å². The van der Waals surface area contributed by atoms with E-state index in [1.54, 1.807) is 0 Å². The summed E-state index contributed by atoms with van der Waals surface area (Å²) in [7, 11) is -8.03. The molecule has 0 radical (unpaired) electrons. The van der Waals surface area contributed by atoms with Gasteiger partial charge in [-0.3, -0.25) is 9.11 Å². The molecule has 270 valence electrons. The highest BCUT2D eigenvalue weighted by Crippen LogP contribution is 2.44. The van der Waals surface area contributed by atoms with Gasteiger partial charge >= 0.3 is 0 Å². The average molecular weight is 738 g/mol. The highest BCUT2D eigenvalue weighted by atomic mass is 32.2. The van der Waals surface area contributed by atoms with E-state index in [2.05, 4.69) is 90.2 Å². The van der Waals surface area contributed by atoms with Crippen LogP contribution in [0.15, 0.2) is 109 Å². The van der Waals surface area contributed by atoms with Crippen LogP contribution in [0, 0.1) is 0 Å². The van der Waals surface area contributed by atoms with Gasteiger partial charge in [0.1, 0.15) is 6.54 Å². The van der Waals surface area contributed by atoms with Gasteiger partial charge in [0, 0.05) is 52.1 Å². The topological polar surface area (TPSA) is 117 Å². The van der Waals surface area contributed by atoms with Gasteiger partial charge in [0.15, 0.2) is 5.71 Å². The summed E-state index contributed by atoms with van der Waals surface area (Å²) in [6, 6.07) is 25.0. The molecular weight excluding hydrogens is 693 g/mol. The number of rotatable bonds is 14. The first-order chi connectivity index (χ1) is 24.8. The summed E-state index contributed by atoms with van der Waals surface area (Å²) < 4.78 is 68.2. The van der Waals surface area contributed by atoms with Gasteiger partial charge in [0.2, 0.25) is 5.69 Å². The van der Waals surface area contributed by atoms with Crippen LogP contribution in [0.2, 0.25) is 0 Å². The standard InChI is InChI=1S/C42H44N2O6S2/c1-31-36(43(27-13-15-29-51(45,46)47)37-25-23-32-17-9-11-19-34(32)40(31)37)21-7-5-4-6-8-22-39-42(2,3)41-35-20-12-10-18-33(35)24-26-38(41)44(39)28-14-16-30-52(48,49)50/h4-12,17-26H,1,13-16,27-30H2,2-3H3,(H-,45,46,47,48,49,50)/p+1. The van der Waals surface area contributed by atoms with E-state index < -0.39 is 20.2 Å². The Balaban J connectivity index is 1.28. The summed E-state index contributed by atoms with van der Waals surface area (Å²) >= 11 is 0. The lowest BCUT2D eigenvalue weighted by Crippen LogP contribution is -2.28. The van der Waals surface area contributed by atoms with Crippen molar-refractivity contribution in [3.8, 4) is 0 Å². The maximum Gasteiger partial charge on any atom is 0.264 e. The molecule has 0 amide bonds. The molecule has 0 aliphatic carbocycles. The second-order valence-corrected chi connectivity index (χ2v) is 17.0. The minimum absolute atomic E-state index is 0.257. The van der Waals surface area contributed by atoms with Crippen molar-refractivity contribution < 1.29 is 30.5 Å². The van der Waals surface area contributed by atoms with Gasteiger partial charge in [-0.05, 0) is 72.9 Å². The van der Waals surface area contributed by atoms with Gasteiger partial charge in [-0.1, -0.05) is 91.6 Å². The quantitative estimate of drug-likeness (QED) is 0.0539. The summed E-state index contributed by atoms with van der Waals surface area (Å²) in [6.45, 7) is 10.1. The lowest BCUT2D eigenvalue weighted by Gasteiger charge is -2.17. The highest BCUT2D eigenvalue weighted by molar-refractivity contribution is 7.86. The van der Waals surface area contributed by atoms with Crippen molar-refractivity contribution in [3.05, 3.63) is 125 Å². The molecule has 0 bridgehead atoms. The van der Waals surface area contributed by atoms with Crippen LogP contribution < -0.4 is 10.6 Å². The number of nitrogens with zero attached hydrogens (tertiary/aromatic N) is 2. The Morgan fingerprint density at radius 1 is 0.731 bits per heavy atom. The van der Waals surface area contributed by atoms with E-state index in [0.717, 1.165) is 43.6 Å². The predicted molar refractivity (Wildman–Crippen MR) is 214 cm³/mol. The summed E-state index contributed by atoms with van der Waals surface area (Å²) in [6.07, 6.45) is 15.9. The fourth-order valence-electron chi connectivity index (χ4n) is 7.53. The van der Waals surface area contributed by atoms with E-state index in [1.165, 1.54) is 16.3 Å². The van der Waals surface area contributed by atoms with Crippen molar-refractivity contribution in [1.29, 1.82) is 0 Å². The number of allylic oxidation sites excluding steroid dienone is 6. The lowest BCUT2D eigenvalue weighted by molar-refractivity contribution is -0.438. The fraction of sp³-hybridized carbons (Fsp3) is 0.262. The molecule has 8 nitrogen and oxygen atoms in total. The number of aryl methyl sites for hydroxylation is 1. The summed E-state index contributed by atoms with van der Waals surface area (Å²) in [5.74, 6) is -0.526. The summed E-state index contributed by atoms with van der Waals surface area (Å²) in [5, 5.41) is 7.51. The first-order valence-corrected chi connectivity index (χ1v) is 20.8. The Morgan fingerprint density at radius 3 is 2.04 bits per heavy atom. The molecule has 0 atom stereocenters. The first kappa shape index (κ1) is 37.2. The van der Waals surface area contributed by atoms with Crippen molar-refractivity contribution in [3.63, 3.8) is 0 Å². The molecule has 0 saturated carbocycles. The van der Waals surface area contributed by atoms with Crippen LogP contribution in [0.25, 0.3) is 45.1 Å². The smallest absolute Gasteiger partial charge is 0.264 e. The molecule has 6 rings (SSSR count). The van der Waals surface area contributed by atoms with Crippen LogP contribution >= 0.6 is 0 Å². The number of hydrogen-bond acceptors (Lipinski definition) is 4. The Labute approximate surface area is 305 Å². The molecule has 0 fully saturated rings. The van der Waals surface area contributed by atoms with Crippen LogP contribution in [0.3, 0.4) is 0 Å². The van der Waals surface area contributed by atoms with E-state index in [1.807, 2.05) is 54.7 Å². The van der Waals surface area contributed by atoms with Gasteiger partial charge in [-0.25, -0.2) is 0 Å². The normalized spacial score (nSPS) is 15.5. The van der Waals surface area contributed by atoms with Crippen molar-refractivity contribution in [1.82, 2.24) is 4.57 Å². The number of aromatic nitrogens is 1. The Kier molecular flexibility index (Phi) is 10.8. The molecule has 1 aromatic heterocycles. The van der Waals surface area contributed by atoms with Gasteiger partial charge in [0.25, 0.3) is 20.2 Å². The van der Waals surface area contributed by atoms with Gasteiger partial charge < -0.3 is 4.57 Å². The Bertz CT molecular complexity index is 2630. The molecule has 4 aromatic carbocycles. The first-order valence-electron chi connectivity index (χ1n) is 17.5. The lowest BCUT2D eigenvalue weighted by atomic mass is 9.79. The maximum absolute atomic E-state index is 11.4. The molecule has 5 aromatic rings. The van der Waals surface area contributed by atoms with Gasteiger partial charge in [-0.2, -0.15) is 21.4 Å². The molecule has 1 aliphatic heterocycles. The van der Waals surface area contributed by atoms with Crippen molar-refractivity contribution in [2.45, 2.75) is 51.5 Å². The van der Waals surface area contributed by atoms with Crippen molar-refractivity contribution in [2.24, 2.45) is 0 Å². The third-order valence-electron chi connectivity index (χ3n) is 9.87. The number of unbranched alkanes of at least 4 members (excludes halogenated alkanes) is 2. The zero-order valence-electron chi connectivity index (χ0n) is 29.6. The molecule has 1 aliphatic rings. The van der Waals surface area contributed by atoms with Crippen LogP contribution in [-0.2, 0) is 32.2 Å². The largest absolute Gasteiger partial charge is 0.340 e. The minimum Gasteiger partial charge on any atom is -0.340 e. The molecule has 0 unspecified atom stereocenters. The third-order valence-corrected chi connectivity index (χ3v) is 11.5. The highest BCUT2D eigenvalue weighted by Gasteiger charge is 2.45. The molecule has 0 saturated heterocycles. The average Bonchev–Trinajstić information content (AvgIpc) is 3.49. The second-order valence-electron chi connectivity index (χ2n) is 13.8. The van der Waals surface area contributed by atoms with Crippen molar-refractivity contribution in [2.75, 3.05) is 18.1 Å². The molecular formula is C42H45N2O6S2+. The van der Waals surface area contributed by atoms with Crippen LogP contribution in [0.5, 0.6) is 0 Å². The van der Waals surface area contributed by atoms with Crippen LogP contribution in [0.1, 0.15) is 45.1 Å². The van der Waals surface area contributed by atoms with Crippen LogP contribution in [0.4, 0.5) is 5.69 Å². The second kappa shape index (κ2) is 15.2. The molecule has 2 heterocycles. The zero-order valence-corrected chi connectivity index (χ0v) is 31.2. The van der Waals surface area contributed by atoms with Crippen LogP contribution in [-0.4, -0.2) is 58.8 Å². The number of benzene rings is 4. The predicted octanol–water partition coefficient (Wildman–Crippen LogP) is 7.22. The maximum atomic E-state index is 11.4. The minimum atomic E-state index is -4.01. The zero-order chi connectivity index (χ0) is 37.1. The van der Waals surface area contributed by atoms with E-state index >= 15 is 0 Å². The Morgan fingerprint density at radius 2 is 1.33 bits per heavy atom.